The second-order valence-corrected chi connectivity index (χ2v) is 6.50. The first-order valence-electron chi connectivity index (χ1n) is 7.36. The summed E-state index contributed by atoms with van der Waals surface area (Å²) < 4.78 is 5.20. The fraction of sp³-hybridized carbons (Fsp3) is 0.667. The van der Waals surface area contributed by atoms with E-state index < -0.39 is 6.10 Å². The molecule has 0 bridgehead atoms. The Morgan fingerprint density at radius 1 is 1.38 bits per heavy atom. The molecule has 2 amide bonds. The van der Waals surface area contributed by atoms with Crippen LogP contribution >= 0.6 is 0 Å². The summed E-state index contributed by atoms with van der Waals surface area (Å²) in [7, 11) is 0. The van der Waals surface area contributed by atoms with Crippen LogP contribution in [0.4, 0.5) is 4.79 Å². The third-order valence-electron chi connectivity index (χ3n) is 3.44. The number of hydrogen-bond donors (Lipinski definition) is 2. The molecule has 0 radical (unpaired) electrons. The van der Waals surface area contributed by atoms with Gasteiger partial charge >= 0.3 is 6.03 Å². The van der Waals surface area contributed by atoms with Gasteiger partial charge in [-0.2, -0.15) is 0 Å². The number of piperazine rings is 1. The Labute approximate surface area is 125 Å². The van der Waals surface area contributed by atoms with E-state index in [9.17, 15) is 9.90 Å². The van der Waals surface area contributed by atoms with Gasteiger partial charge in [-0.05, 0) is 32.9 Å². The van der Waals surface area contributed by atoms with E-state index in [1.165, 1.54) is 0 Å². The second kappa shape index (κ2) is 6.49. The van der Waals surface area contributed by atoms with Crippen molar-refractivity contribution in [1.29, 1.82) is 0 Å². The van der Waals surface area contributed by atoms with Crippen LogP contribution in [0.15, 0.2) is 22.8 Å². The highest BCUT2D eigenvalue weighted by atomic mass is 16.4. The van der Waals surface area contributed by atoms with E-state index in [0.717, 1.165) is 13.1 Å². The average Bonchev–Trinajstić information content (AvgIpc) is 2.91. The van der Waals surface area contributed by atoms with E-state index in [2.05, 4.69) is 10.2 Å². The first kappa shape index (κ1) is 15.9. The molecule has 2 rings (SSSR count). The van der Waals surface area contributed by atoms with Crippen molar-refractivity contribution >= 4 is 6.03 Å². The zero-order valence-corrected chi connectivity index (χ0v) is 13.0. The van der Waals surface area contributed by atoms with Crippen molar-refractivity contribution in [3.63, 3.8) is 0 Å². The highest BCUT2D eigenvalue weighted by molar-refractivity contribution is 5.75. The highest BCUT2D eigenvalue weighted by Gasteiger charge is 2.25. The molecule has 1 saturated heterocycles. The lowest BCUT2D eigenvalue weighted by Crippen LogP contribution is -2.55. The maximum Gasteiger partial charge on any atom is 0.317 e. The van der Waals surface area contributed by atoms with Gasteiger partial charge in [-0.15, -0.1) is 0 Å². The van der Waals surface area contributed by atoms with Crippen molar-refractivity contribution in [3.05, 3.63) is 24.2 Å². The van der Waals surface area contributed by atoms with Crippen LogP contribution in [0.5, 0.6) is 0 Å². The molecule has 2 N–H and O–H groups in total. The normalized spacial score (nSPS) is 18.6. The number of rotatable bonds is 3. The van der Waals surface area contributed by atoms with Gasteiger partial charge in [0, 0.05) is 38.3 Å². The lowest BCUT2D eigenvalue weighted by atomic mass is 10.1. The van der Waals surface area contributed by atoms with Gasteiger partial charge in [0.15, 0.2) is 0 Å². The predicted molar refractivity (Wildman–Crippen MR) is 80.0 cm³/mol. The number of aliphatic hydroxyl groups is 1. The summed E-state index contributed by atoms with van der Waals surface area (Å²) in [6, 6.07) is 3.53. The Morgan fingerprint density at radius 2 is 2.05 bits per heavy atom. The first-order chi connectivity index (χ1) is 9.85. The minimum Gasteiger partial charge on any atom is -0.467 e. The maximum absolute atomic E-state index is 12.1. The summed E-state index contributed by atoms with van der Waals surface area (Å²) in [5.74, 6) is 0.586. The molecule has 1 aliphatic rings. The van der Waals surface area contributed by atoms with Crippen LogP contribution in [-0.2, 0) is 0 Å². The summed E-state index contributed by atoms with van der Waals surface area (Å²) in [6.45, 7) is 9.31. The van der Waals surface area contributed by atoms with Crippen LogP contribution < -0.4 is 5.32 Å². The summed E-state index contributed by atoms with van der Waals surface area (Å²) in [5, 5.41) is 13.0. The number of carbonyl (C=O) groups is 1. The molecule has 1 aliphatic heterocycles. The Bertz CT molecular complexity index is 445. The molecule has 1 aromatic heterocycles. The van der Waals surface area contributed by atoms with Crippen LogP contribution in [-0.4, -0.2) is 59.2 Å². The maximum atomic E-state index is 12.1. The molecule has 0 aliphatic carbocycles. The van der Waals surface area contributed by atoms with Gasteiger partial charge in [0.25, 0.3) is 0 Å². The number of nitrogens with one attached hydrogen (secondary N) is 1. The zero-order valence-electron chi connectivity index (χ0n) is 13.0. The Balaban J connectivity index is 1.77. The van der Waals surface area contributed by atoms with Gasteiger partial charge in [0.2, 0.25) is 0 Å². The molecule has 6 nitrogen and oxygen atoms in total. The van der Waals surface area contributed by atoms with Crippen molar-refractivity contribution in [2.24, 2.45) is 0 Å². The molecular weight excluding hydrogens is 270 g/mol. The number of hydrogen-bond acceptors (Lipinski definition) is 4. The van der Waals surface area contributed by atoms with E-state index >= 15 is 0 Å². The molecule has 0 aromatic carbocycles. The van der Waals surface area contributed by atoms with Crippen molar-refractivity contribution < 1.29 is 14.3 Å². The summed E-state index contributed by atoms with van der Waals surface area (Å²) in [6.07, 6.45) is 0.947. The largest absolute Gasteiger partial charge is 0.467 e. The minimum absolute atomic E-state index is 0.0197. The van der Waals surface area contributed by atoms with Gasteiger partial charge in [-0.25, -0.2) is 4.79 Å². The van der Waals surface area contributed by atoms with Gasteiger partial charge in [-0.1, -0.05) is 0 Å². The van der Waals surface area contributed by atoms with Gasteiger partial charge in [0.05, 0.1) is 6.26 Å². The summed E-state index contributed by atoms with van der Waals surface area (Å²) in [4.78, 5) is 16.0. The molecule has 1 unspecified atom stereocenters. The third-order valence-corrected chi connectivity index (χ3v) is 3.44. The molecule has 2 heterocycles. The number of carbonyl (C=O) groups excluding carboxylic acids is 1. The van der Waals surface area contributed by atoms with Crippen molar-refractivity contribution in [2.75, 3.05) is 32.7 Å². The Hall–Kier alpha value is -1.53. The Kier molecular flexibility index (Phi) is 4.90. The topological polar surface area (TPSA) is 69.0 Å². The molecule has 1 fully saturated rings. The molecule has 1 aromatic rings. The Morgan fingerprint density at radius 3 is 2.57 bits per heavy atom. The second-order valence-electron chi connectivity index (χ2n) is 6.50. The van der Waals surface area contributed by atoms with E-state index in [4.69, 9.17) is 4.42 Å². The number of amides is 2. The molecule has 21 heavy (non-hydrogen) atoms. The van der Waals surface area contributed by atoms with Crippen LogP contribution in [0.1, 0.15) is 32.6 Å². The van der Waals surface area contributed by atoms with Crippen LogP contribution in [0.2, 0.25) is 0 Å². The SMILES string of the molecule is CC(C)(C)NC(=O)N1CCN(CC(O)c2ccco2)CC1. The molecule has 6 heteroatoms. The standard InChI is InChI=1S/C15H25N3O3/c1-15(2,3)16-14(20)18-8-6-17(7-9-18)11-12(19)13-5-4-10-21-13/h4-5,10,12,19H,6-9,11H2,1-3H3,(H,16,20). The molecular formula is C15H25N3O3. The minimum atomic E-state index is -0.616. The molecule has 118 valence electrons. The van der Waals surface area contributed by atoms with Gasteiger partial charge < -0.3 is 19.7 Å². The number of aliphatic hydroxyl groups excluding tert-OH is 1. The fourth-order valence-corrected chi connectivity index (χ4v) is 2.35. The van der Waals surface area contributed by atoms with E-state index in [-0.39, 0.29) is 11.6 Å². The van der Waals surface area contributed by atoms with Crippen LogP contribution in [0.25, 0.3) is 0 Å². The molecule has 1 atom stereocenters. The predicted octanol–water partition coefficient (Wildman–Crippen LogP) is 1.44. The number of furan rings is 1. The van der Waals surface area contributed by atoms with Crippen molar-refractivity contribution in [2.45, 2.75) is 32.4 Å². The third kappa shape index (κ3) is 4.75. The van der Waals surface area contributed by atoms with Gasteiger partial charge in [0.1, 0.15) is 11.9 Å². The lowest BCUT2D eigenvalue weighted by Gasteiger charge is -2.36. The number of urea groups is 1. The molecule has 0 spiro atoms. The fourth-order valence-electron chi connectivity index (χ4n) is 2.35. The van der Waals surface area contributed by atoms with E-state index in [1.807, 2.05) is 25.7 Å². The van der Waals surface area contributed by atoms with Crippen LogP contribution in [0, 0.1) is 0 Å². The van der Waals surface area contributed by atoms with E-state index in [0.29, 0.717) is 25.4 Å². The number of β-amino-alcohol motifs (C(OH)–C–C–N with tert-alkyl or cyclic N) is 1. The smallest absolute Gasteiger partial charge is 0.317 e. The lowest BCUT2D eigenvalue weighted by molar-refractivity contribution is 0.0683. The highest BCUT2D eigenvalue weighted by Crippen LogP contribution is 2.15. The van der Waals surface area contributed by atoms with Crippen LogP contribution in [0.3, 0.4) is 0 Å². The average molecular weight is 295 g/mol. The summed E-state index contributed by atoms with van der Waals surface area (Å²) in [5.41, 5.74) is -0.219. The first-order valence-corrected chi connectivity index (χ1v) is 7.36. The molecule has 0 saturated carbocycles. The van der Waals surface area contributed by atoms with Crippen molar-refractivity contribution in [1.82, 2.24) is 15.1 Å². The summed E-state index contributed by atoms with van der Waals surface area (Å²) >= 11 is 0. The quantitative estimate of drug-likeness (QED) is 0.885. The number of nitrogens with zero attached hydrogens (tertiary/aromatic N) is 2. The monoisotopic (exact) mass is 295 g/mol. The van der Waals surface area contributed by atoms with Gasteiger partial charge in [-0.3, -0.25) is 4.90 Å². The van der Waals surface area contributed by atoms with E-state index in [1.54, 1.807) is 18.4 Å². The van der Waals surface area contributed by atoms with Crippen molar-refractivity contribution in [3.8, 4) is 0 Å². The zero-order chi connectivity index (χ0) is 15.5.